The molecular weight excluding hydrogens is 325 g/mol. The molecule has 0 heterocycles. The van der Waals surface area contributed by atoms with Crippen LogP contribution in [0.5, 0.6) is 0 Å². The zero-order chi connectivity index (χ0) is 15.2. The maximum absolute atomic E-state index is 12.3. The number of rotatable bonds is 5. The fourth-order valence-corrected chi connectivity index (χ4v) is 3.15. The van der Waals surface area contributed by atoms with E-state index in [-0.39, 0.29) is 5.91 Å². The Morgan fingerprint density at radius 2 is 1.95 bits per heavy atom. The Morgan fingerprint density at radius 3 is 2.67 bits per heavy atom. The largest absolute Gasteiger partial charge is 0.348 e. The molecule has 2 nitrogen and oxygen atoms in total. The summed E-state index contributed by atoms with van der Waals surface area (Å²) in [6.07, 6.45) is 0. The highest BCUT2D eigenvalue weighted by Gasteiger charge is 2.11. The lowest BCUT2D eigenvalue weighted by Crippen LogP contribution is -2.23. The van der Waals surface area contributed by atoms with E-state index in [9.17, 15) is 4.79 Å². The first kappa shape index (κ1) is 16.2. The van der Waals surface area contributed by atoms with E-state index < -0.39 is 0 Å². The molecule has 0 aliphatic rings. The number of halogens is 2. The molecule has 2 rings (SSSR count). The van der Waals surface area contributed by atoms with Gasteiger partial charge in [0.25, 0.3) is 5.91 Å². The molecule has 0 saturated heterocycles. The number of hydrogen-bond donors (Lipinski definition) is 1. The van der Waals surface area contributed by atoms with Crippen LogP contribution in [0.3, 0.4) is 0 Å². The third kappa shape index (κ3) is 4.40. The van der Waals surface area contributed by atoms with Gasteiger partial charge in [-0.15, -0.1) is 11.8 Å². The topological polar surface area (TPSA) is 29.1 Å². The minimum Gasteiger partial charge on any atom is -0.348 e. The van der Waals surface area contributed by atoms with Gasteiger partial charge in [0.2, 0.25) is 0 Å². The minimum atomic E-state index is -0.0995. The number of benzene rings is 2. The number of carbonyl (C=O) groups is 1. The summed E-state index contributed by atoms with van der Waals surface area (Å²) < 4.78 is 0. The predicted molar refractivity (Wildman–Crippen MR) is 90.5 cm³/mol. The summed E-state index contributed by atoms with van der Waals surface area (Å²) in [6.45, 7) is 2.44. The summed E-state index contributed by atoms with van der Waals surface area (Å²) in [5, 5.41) is 4.03. The molecule has 1 amide bonds. The third-order valence-corrected chi connectivity index (χ3v) is 4.43. The van der Waals surface area contributed by atoms with E-state index in [0.29, 0.717) is 22.2 Å². The van der Waals surface area contributed by atoms with Crippen LogP contribution in [-0.4, -0.2) is 11.7 Å². The molecule has 0 spiro atoms. The molecule has 0 aromatic heterocycles. The van der Waals surface area contributed by atoms with Crippen molar-refractivity contribution in [1.29, 1.82) is 0 Å². The molecule has 0 saturated carbocycles. The highest BCUT2D eigenvalue weighted by molar-refractivity contribution is 7.99. The quantitative estimate of drug-likeness (QED) is 0.773. The molecule has 110 valence electrons. The average molecular weight is 340 g/mol. The second-order valence-electron chi connectivity index (χ2n) is 4.35. The first-order chi connectivity index (χ1) is 10.1. The number of carbonyl (C=O) groups excluding carboxylic acids is 1. The van der Waals surface area contributed by atoms with Gasteiger partial charge in [0.1, 0.15) is 0 Å². The highest BCUT2D eigenvalue weighted by Crippen LogP contribution is 2.23. The van der Waals surface area contributed by atoms with Crippen molar-refractivity contribution in [2.75, 3.05) is 5.75 Å². The Morgan fingerprint density at radius 1 is 1.19 bits per heavy atom. The number of nitrogens with one attached hydrogen (secondary N) is 1. The predicted octanol–water partition coefficient (Wildman–Crippen LogP) is 5.04. The van der Waals surface area contributed by atoms with E-state index in [0.717, 1.165) is 16.2 Å². The van der Waals surface area contributed by atoms with Gasteiger partial charge in [0.15, 0.2) is 0 Å². The van der Waals surface area contributed by atoms with E-state index in [1.807, 2.05) is 30.3 Å². The van der Waals surface area contributed by atoms with Crippen molar-refractivity contribution in [3.8, 4) is 0 Å². The van der Waals surface area contributed by atoms with Crippen LogP contribution in [0.1, 0.15) is 22.8 Å². The van der Waals surface area contributed by atoms with Crippen LogP contribution in [0.2, 0.25) is 10.0 Å². The maximum atomic E-state index is 12.3. The first-order valence-electron chi connectivity index (χ1n) is 6.55. The Kier molecular flexibility index (Phi) is 5.97. The van der Waals surface area contributed by atoms with Gasteiger partial charge in [-0.1, -0.05) is 48.3 Å². The van der Waals surface area contributed by atoms with Crippen molar-refractivity contribution in [2.45, 2.75) is 18.4 Å². The lowest BCUT2D eigenvalue weighted by molar-refractivity contribution is 0.0948. The van der Waals surface area contributed by atoms with Crippen molar-refractivity contribution in [3.05, 3.63) is 63.6 Å². The molecule has 21 heavy (non-hydrogen) atoms. The molecule has 2 aromatic carbocycles. The van der Waals surface area contributed by atoms with Gasteiger partial charge in [-0.25, -0.2) is 0 Å². The molecule has 0 bridgehead atoms. The van der Waals surface area contributed by atoms with E-state index in [1.165, 1.54) is 0 Å². The van der Waals surface area contributed by atoms with Crippen LogP contribution in [-0.2, 0) is 6.54 Å². The molecular formula is C16H15Cl2NOS. The van der Waals surface area contributed by atoms with Crippen molar-refractivity contribution in [3.63, 3.8) is 0 Å². The van der Waals surface area contributed by atoms with Crippen molar-refractivity contribution < 1.29 is 4.79 Å². The van der Waals surface area contributed by atoms with Gasteiger partial charge >= 0.3 is 0 Å². The average Bonchev–Trinajstić information content (AvgIpc) is 2.47. The molecule has 0 atom stereocenters. The summed E-state index contributed by atoms with van der Waals surface area (Å²) in [6, 6.07) is 12.8. The lowest BCUT2D eigenvalue weighted by atomic mass is 10.2. The maximum Gasteiger partial charge on any atom is 0.252 e. The second-order valence-corrected chi connectivity index (χ2v) is 6.50. The van der Waals surface area contributed by atoms with Gasteiger partial charge in [0.05, 0.1) is 5.56 Å². The van der Waals surface area contributed by atoms with E-state index in [4.69, 9.17) is 23.2 Å². The van der Waals surface area contributed by atoms with Crippen LogP contribution in [0.15, 0.2) is 47.4 Å². The summed E-state index contributed by atoms with van der Waals surface area (Å²) in [7, 11) is 0. The standard InChI is InChI=1S/C16H15Cl2NOS/c1-2-21-15-6-4-3-5-13(15)16(20)19-10-11-7-8-12(17)9-14(11)18/h3-9H,2,10H2,1H3,(H,19,20). The zero-order valence-corrected chi connectivity index (χ0v) is 13.9. The molecule has 2 aromatic rings. The Bertz CT molecular complexity index is 646. The van der Waals surface area contributed by atoms with Gasteiger partial charge in [-0.2, -0.15) is 0 Å². The summed E-state index contributed by atoms with van der Waals surface area (Å²) in [4.78, 5) is 13.3. The fraction of sp³-hybridized carbons (Fsp3) is 0.188. The van der Waals surface area contributed by atoms with Crippen molar-refractivity contribution in [1.82, 2.24) is 5.32 Å². The third-order valence-electron chi connectivity index (χ3n) is 2.89. The molecule has 0 radical (unpaired) electrons. The summed E-state index contributed by atoms with van der Waals surface area (Å²) >= 11 is 13.6. The van der Waals surface area contributed by atoms with Crippen LogP contribution >= 0.6 is 35.0 Å². The van der Waals surface area contributed by atoms with E-state index in [2.05, 4.69) is 12.2 Å². The minimum absolute atomic E-state index is 0.0995. The van der Waals surface area contributed by atoms with Gasteiger partial charge in [-0.3, -0.25) is 4.79 Å². The Hall–Kier alpha value is -1.16. The summed E-state index contributed by atoms with van der Waals surface area (Å²) in [5.74, 6) is 0.824. The molecule has 0 aliphatic heterocycles. The van der Waals surface area contributed by atoms with Gasteiger partial charge < -0.3 is 5.32 Å². The van der Waals surface area contributed by atoms with E-state index in [1.54, 1.807) is 23.9 Å². The van der Waals surface area contributed by atoms with Gasteiger partial charge in [-0.05, 0) is 35.6 Å². The monoisotopic (exact) mass is 339 g/mol. The first-order valence-corrected chi connectivity index (χ1v) is 8.30. The zero-order valence-electron chi connectivity index (χ0n) is 11.5. The number of amides is 1. The molecule has 0 fully saturated rings. The number of hydrogen-bond acceptors (Lipinski definition) is 2. The molecule has 0 unspecified atom stereocenters. The van der Waals surface area contributed by atoms with Crippen LogP contribution in [0.4, 0.5) is 0 Å². The molecule has 0 aliphatic carbocycles. The van der Waals surface area contributed by atoms with Crippen LogP contribution in [0, 0.1) is 0 Å². The molecule has 1 N–H and O–H groups in total. The number of thioether (sulfide) groups is 1. The normalized spacial score (nSPS) is 10.4. The highest BCUT2D eigenvalue weighted by atomic mass is 35.5. The summed E-state index contributed by atoms with van der Waals surface area (Å²) in [5.41, 5.74) is 1.53. The Labute approximate surface area is 138 Å². The molecule has 5 heteroatoms. The van der Waals surface area contributed by atoms with Gasteiger partial charge in [0, 0.05) is 21.5 Å². The van der Waals surface area contributed by atoms with Crippen molar-refractivity contribution >= 4 is 40.9 Å². The lowest BCUT2D eigenvalue weighted by Gasteiger charge is -2.10. The van der Waals surface area contributed by atoms with Crippen molar-refractivity contribution in [2.24, 2.45) is 0 Å². The van der Waals surface area contributed by atoms with Crippen LogP contribution in [0.25, 0.3) is 0 Å². The Balaban J connectivity index is 2.08. The fourth-order valence-electron chi connectivity index (χ4n) is 1.87. The van der Waals surface area contributed by atoms with Crippen LogP contribution < -0.4 is 5.32 Å². The smallest absolute Gasteiger partial charge is 0.252 e. The van der Waals surface area contributed by atoms with E-state index >= 15 is 0 Å². The SMILES string of the molecule is CCSc1ccccc1C(=O)NCc1ccc(Cl)cc1Cl. The second kappa shape index (κ2) is 7.74.